The third-order valence-electron chi connectivity index (χ3n) is 4.64. The molecular formula is C18H16FN3O. The van der Waals surface area contributed by atoms with Crippen LogP contribution in [0.1, 0.15) is 35.2 Å². The summed E-state index contributed by atoms with van der Waals surface area (Å²) in [7, 11) is 0. The Balaban J connectivity index is 1.62. The highest BCUT2D eigenvalue weighted by molar-refractivity contribution is 5.97. The van der Waals surface area contributed by atoms with Crippen LogP contribution in [0.2, 0.25) is 0 Å². The molecule has 0 spiro atoms. The number of H-pyrrole nitrogens is 1. The molecule has 4 nitrogen and oxygen atoms in total. The van der Waals surface area contributed by atoms with Crippen molar-refractivity contribution in [2.45, 2.75) is 24.8 Å². The van der Waals surface area contributed by atoms with E-state index in [1.165, 1.54) is 12.1 Å². The number of halogens is 1. The van der Waals surface area contributed by atoms with Gasteiger partial charge in [0.15, 0.2) is 0 Å². The molecule has 1 heterocycles. The number of carbonyl (C=O) groups is 1. The van der Waals surface area contributed by atoms with Gasteiger partial charge in [-0.05, 0) is 55.2 Å². The number of benzene rings is 2. The molecule has 3 aromatic rings. The maximum Gasteiger partial charge on any atom is 0.252 e. The predicted octanol–water partition coefficient (Wildman–Crippen LogP) is 3.51. The Morgan fingerprint density at radius 3 is 2.65 bits per heavy atom. The molecule has 2 aromatic carbocycles. The van der Waals surface area contributed by atoms with Crippen molar-refractivity contribution in [1.29, 1.82) is 0 Å². The van der Waals surface area contributed by atoms with Crippen molar-refractivity contribution in [3.05, 3.63) is 65.7 Å². The topological polar surface area (TPSA) is 57.8 Å². The number of fused-ring (bicyclic) bond motifs is 1. The van der Waals surface area contributed by atoms with E-state index in [9.17, 15) is 9.18 Å². The fourth-order valence-corrected chi connectivity index (χ4v) is 3.15. The zero-order valence-corrected chi connectivity index (χ0v) is 12.5. The quantitative estimate of drug-likeness (QED) is 0.778. The van der Waals surface area contributed by atoms with Gasteiger partial charge in [-0.15, -0.1) is 0 Å². The van der Waals surface area contributed by atoms with Crippen molar-refractivity contribution in [3.63, 3.8) is 0 Å². The minimum absolute atomic E-state index is 0.120. The van der Waals surface area contributed by atoms with Gasteiger partial charge < -0.3 is 10.3 Å². The molecule has 1 fully saturated rings. The number of amides is 1. The van der Waals surface area contributed by atoms with Crippen LogP contribution < -0.4 is 5.32 Å². The summed E-state index contributed by atoms with van der Waals surface area (Å²) in [5, 5.41) is 3.14. The molecule has 0 radical (unpaired) electrons. The van der Waals surface area contributed by atoms with Gasteiger partial charge in [-0.2, -0.15) is 0 Å². The number of hydrogen-bond acceptors (Lipinski definition) is 2. The Morgan fingerprint density at radius 1 is 1.17 bits per heavy atom. The first kappa shape index (κ1) is 13.9. The third kappa shape index (κ3) is 2.38. The summed E-state index contributed by atoms with van der Waals surface area (Å²) in [5.41, 5.74) is 2.84. The molecule has 4 rings (SSSR count). The van der Waals surface area contributed by atoms with Gasteiger partial charge >= 0.3 is 0 Å². The lowest BCUT2D eigenvalue weighted by molar-refractivity contribution is 0.0823. The number of nitrogens with one attached hydrogen (secondary N) is 2. The first-order valence-corrected chi connectivity index (χ1v) is 7.68. The van der Waals surface area contributed by atoms with Crippen LogP contribution in [0.25, 0.3) is 11.0 Å². The fraction of sp³-hybridized carbons (Fsp3) is 0.222. The first-order chi connectivity index (χ1) is 11.2. The Kier molecular flexibility index (Phi) is 3.15. The van der Waals surface area contributed by atoms with E-state index in [1.807, 2.05) is 6.07 Å². The summed E-state index contributed by atoms with van der Waals surface area (Å²) in [4.78, 5) is 19.8. The molecule has 1 amide bonds. The summed E-state index contributed by atoms with van der Waals surface area (Å²) in [6.45, 7) is 0. The van der Waals surface area contributed by atoms with Crippen molar-refractivity contribution >= 4 is 16.9 Å². The molecule has 0 bridgehead atoms. The average molecular weight is 309 g/mol. The van der Waals surface area contributed by atoms with Gasteiger partial charge in [0, 0.05) is 5.56 Å². The summed E-state index contributed by atoms with van der Waals surface area (Å²) in [6, 6.07) is 11.8. The van der Waals surface area contributed by atoms with Crippen molar-refractivity contribution in [2.24, 2.45) is 0 Å². The maximum atomic E-state index is 13.1. The van der Waals surface area contributed by atoms with E-state index in [0.717, 1.165) is 35.9 Å². The van der Waals surface area contributed by atoms with Gasteiger partial charge in [-0.3, -0.25) is 4.79 Å². The standard InChI is InChI=1S/C18H16FN3O/c19-14-5-3-13(4-6-14)18(8-1-9-18)22-17(23)12-2-7-15-16(10-12)21-11-20-15/h2-7,10-11H,1,8-9H2,(H,20,21)(H,22,23). The van der Waals surface area contributed by atoms with Gasteiger partial charge in [0.25, 0.3) is 5.91 Å². The molecule has 116 valence electrons. The Hall–Kier alpha value is -2.69. The first-order valence-electron chi connectivity index (χ1n) is 7.68. The molecular weight excluding hydrogens is 293 g/mol. The second-order valence-corrected chi connectivity index (χ2v) is 6.03. The zero-order chi connectivity index (χ0) is 15.9. The van der Waals surface area contributed by atoms with Crippen molar-refractivity contribution in [1.82, 2.24) is 15.3 Å². The van der Waals surface area contributed by atoms with Crippen molar-refractivity contribution in [3.8, 4) is 0 Å². The number of hydrogen-bond donors (Lipinski definition) is 2. The number of nitrogens with zero attached hydrogens (tertiary/aromatic N) is 1. The molecule has 1 aliphatic carbocycles. The lowest BCUT2D eigenvalue weighted by atomic mass is 9.71. The molecule has 0 aliphatic heterocycles. The second-order valence-electron chi connectivity index (χ2n) is 6.03. The molecule has 23 heavy (non-hydrogen) atoms. The van der Waals surface area contributed by atoms with Gasteiger partial charge in [0.05, 0.1) is 22.9 Å². The highest BCUT2D eigenvalue weighted by Crippen LogP contribution is 2.41. The van der Waals surface area contributed by atoms with Gasteiger partial charge in [-0.25, -0.2) is 9.37 Å². The molecule has 1 aliphatic rings. The van der Waals surface area contributed by atoms with E-state index in [-0.39, 0.29) is 17.3 Å². The van der Waals surface area contributed by atoms with E-state index in [1.54, 1.807) is 30.6 Å². The number of carbonyl (C=O) groups excluding carboxylic acids is 1. The van der Waals surface area contributed by atoms with Crippen LogP contribution in [-0.2, 0) is 5.54 Å². The van der Waals surface area contributed by atoms with Crippen LogP contribution in [0.15, 0.2) is 48.8 Å². The number of aromatic amines is 1. The van der Waals surface area contributed by atoms with Gasteiger partial charge in [0.1, 0.15) is 5.82 Å². The van der Waals surface area contributed by atoms with Crippen LogP contribution in [0.4, 0.5) is 4.39 Å². The number of rotatable bonds is 3. The van der Waals surface area contributed by atoms with Crippen molar-refractivity contribution in [2.75, 3.05) is 0 Å². The van der Waals surface area contributed by atoms with Crippen molar-refractivity contribution < 1.29 is 9.18 Å². The largest absolute Gasteiger partial charge is 0.345 e. The molecule has 0 unspecified atom stereocenters. The molecule has 0 atom stereocenters. The minimum atomic E-state index is -0.381. The van der Waals surface area contributed by atoms with Gasteiger partial charge in [0.2, 0.25) is 0 Å². The van der Waals surface area contributed by atoms with Gasteiger partial charge in [-0.1, -0.05) is 12.1 Å². The molecule has 0 saturated heterocycles. The predicted molar refractivity (Wildman–Crippen MR) is 85.5 cm³/mol. The molecule has 2 N–H and O–H groups in total. The van der Waals surface area contributed by atoms with Crippen LogP contribution in [0, 0.1) is 5.82 Å². The van der Waals surface area contributed by atoms with Crippen LogP contribution in [0.3, 0.4) is 0 Å². The smallest absolute Gasteiger partial charge is 0.252 e. The SMILES string of the molecule is O=C(NC1(c2ccc(F)cc2)CCC1)c1ccc2nc[nH]c2c1. The molecule has 1 saturated carbocycles. The minimum Gasteiger partial charge on any atom is -0.345 e. The van der Waals surface area contributed by atoms with E-state index >= 15 is 0 Å². The maximum absolute atomic E-state index is 13.1. The third-order valence-corrected chi connectivity index (χ3v) is 4.64. The zero-order valence-electron chi connectivity index (χ0n) is 12.5. The van der Waals surface area contributed by atoms with Crippen LogP contribution in [0.5, 0.6) is 0 Å². The van der Waals surface area contributed by atoms with E-state index in [2.05, 4.69) is 15.3 Å². The second kappa shape index (κ2) is 5.19. The summed E-state index contributed by atoms with van der Waals surface area (Å²) in [5.74, 6) is -0.384. The summed E-state index contributed by atoms with van der Waals surface area (Å²) < 4.78 is 13.1. The highest BCUT2D eigenvalue weighted by atomic mass is 19.1. The van der Waals surface area contributed by atoms with Crippen LogP contribution >= 0.6 is 0 Å². The highest BCUT2D eigenvalue weighted by Gasteiger charge is 2.40. The van der Waals surface area contributed by atoms with E-state index in [4.69, 9.17) is 0 Å². The lowest BCUT2D eigenvalue weighted by Gasteiger charge is -2.43. The number of imidazole rings is 1. The van der Waals surface area contributed by atoms with E-state index in [0.29, 0.717) is 5.56 Å². The Bertz CT molecular complexity index is 865. The fourth-order valence-electron chi connectivity index (χ4n) is 3.15. The van der Waals surface area contributed by atoms with E-state index < -0.39 is 0 Å². The monoisotopic (exact) mass is 309 g/mol. The lowest BCUT2D eigenvalue weighted by Crippen LogP contribution is -2.50. The molecule has 1 aromatic heterocycles. The normalized spacial score (nSPS) is 16.0. The van der Waals surface area contributed by atoms with Crippen LogP contribution in [-0.4, -0.2) is 15.9 Å². The summed E-state index contributed by atoms with van der Waals surface area (Å²) >= 11 is 0. The molecule has 5 heteroatoms. The Labute approximate surface area is 132 Å². The number of aromatic nitrogens is 2. The summed E-state index contributed by atoms with van der Waals surface area (Å²) in [6.07, 6.45) is 4.41. The average Bonchev–Trinajstić information content (AvgIpc) is 2.99. The Morgan fingerprint density at radius 2 is 1.96 bits per heavy atom.